The molecule has 1 fully saturated rings. The minimum atomic E-state index is 0.0436. The quantitative estimate of drug-likeness (QED) is 0.726. The number of hydrogen-bond acceptors (Lipinski definition) is 5. The van der Waals surface area contributed by atoms with Crippen molar-refractivity contribution < 1.29 is 4.79 Å². The van der Waals surface area contributed by atoms with E-state index in [1.165, 1.54) is 6.33 Å². The summed E-state index contributed by atoms with van der Waals surface area (Å²) in [5, 5.41) is 5.79. The van der Waals surface area contributed by atoms with Gasteiger partial charge in [0.25, 0.3) is 0 Å². The molecule has 0 aliphatic carbocycles. The first-order chi connectivity index (χ1) is 7.79. The van der Waals surface area contributed by atoms with Crippen LogP contribution in [0, 0.1) is 0 Å². The Labute approximate surface area is 94.1 Å². The molecule has 1 amide bonds. The van der Waals surface area contributed by atoms with Gasteiger partial charge in [-0.1, -0.05) is 0 Å². The zero-order chi connectivity index (χ0) is 11.4. The van der Waals surface area contributed by atoms with Gasteiger partial charge < -0.3 is 15.5 Å². The Bertz CT molecular complexity index is 381. The van der Waals surface area contributed by atoms with Crippen molar-refractivity contribution in [2.45, 2.75) is 6.42 Å². The van der Waals surface area contributed by atoms with Crippen molar-refractivity contribution in [3.05, 3.63) is 12.4 Å². The van der Waals surface area contributed by atoms with Crippen LogP contribution in [0.3, 0.4) is 0 Å². The lowest BCUT2D eigenvalue weighted by Gasteiger charge is -2.19. The maximum absolute atomic E-state index is 11.4. The summed E-state index contributed by atoms with van der Waals surface area (Å²) < 4.78 is 0. The highest BCUT2D eigenvalue weighted by Gasteiger charge is 2.16. The molecule has 6 nitrogen and oxygen atoms in total. The molecule has 16 heavy (non-hydrogen) atoms. The van der Waals surface area contributed by atoms with Crippen LogP contribution in [0.4, 0.5) is 11.6 Å². The Morgan fingerprint density at radius 3 is 3.19 bits per heavy atom. The number of carbonyl (C=O) groups excluding carboxylic acids is 1. The Morgan fingerprint density at radius 2 is 2.38 bits per heavy atom. The van der Waals surface area contributed by atoms with Crippen molar-refractivity contribution in [2.24, 2.45) is 0 Å². The molecule has 1 aliphatic rings. The van der Waals surface area contributed by atoms with E-state index >= 15 is 0 Å². The van der Waals surface area contributed by atoms with Gasteiger partial charge in [-0.2, -0.15) is 0 Å². The SMILES string of the molecule is CNc1cc(N2CCCNC(=O)C2)ncn1. The van der Waals surface area contributed by atoms with Gasteiger partial charge in [0, 0.05) is 26.2 Å². The van der Waals surface area contributed by atoms with E-state index in [9.17, 15) is 4.79 Å². The largest absolute Gasteiger partial charge is 0.373 e. The summed E-state index contributed by atoms with van der Waals surface area (Å²) in [6.45, 7) is 1.93. The second-order valence-electron chi connectivity index (χ2n) is 3.64. The first-order valence-corrected chi connectivity index (χ1v) is 5.31. The standard InChI is InChI=1S/C10H15N5O/c1-11-8-5-9(14-7-13-8)15-4-2-3-12-10(16)6-15/h5,7H,2-4,6H2,1H3,(H,12,16)(H,11,13,14). The topological polar surface area (TPSA) is 70.2 Å². The summed E-state index contributed by atoms with van der Waals surface area (Å²) in [5.41, 5.74) is 0. The van der Waals surface area contributed by atoms with E-state index in [-0.39, 0.29) is 5.91 Å². The molecule has 0 unspecified atom stereocenters. The van der Waals surface area contributed by atoms with Gasteiger partial charge in [-0.15, -0.1) is 0 Å². The lowest BCUT2D eigenvalue weighted by atomic mass is 10.4. The van der Waals surface area contributed by atoms with E-state index in [1.807, 2.05) is 11.0 Å². The molecular formula is C10H15N5O. The number of anilines is 2. The third-order valence-electron chi connectivity index (χ3n) is 2.49. The molecule has 2 N–H and O–H groups in total. The summed E-state index contributed by atoms with van der Waals surface area (Å²) in [5.74, 6) is 1.59. The van der Waals surface area contributed by atoms with E-state index in [0.717, 1.165) is 31.1 Å². The van der Waals surface area contributed by atoms with Crippen LogP contribution in [-0.4, -0.2) is 42.6 Å². The number of hydrogen-bond donors (Lipinski definition) is 2. The second-order valence-corrected chi connectivity index (χ2v) is 3.64. The smallest absolute Gasteiger partial charge is 0.239 e. The van der Waals surface area contributed by atoms with Gasteiger partial charge in [-0.05, 0) is 6.42 Å². The Morgan fingerprint density at radius 1 is 1.50 bits per heavy atom. The molecule has 0 radical (unpaired) electrons. The predicted molar refractivity (Wildman–Crippen MR) is 61.4 cm³/mol. The molecule has 6 heteroatoms. The van der Waals surface area contributed by atoms with Crippen molar-refractivity contribution in [2.75, 3.05) is 36.9 Å². The minimum Gasteiger partial charge on any atom is -0.373 e. The fraction of sp³-hybridized carbons (Fsp3) is 0.500. The number of aromatic nitrogens is 2. The molecule has 0 bridgehead atoms. The molecular weight excluding hydrogens is 206 g/mol. The van der Waals surface area contributed by atoms with E-state index < -0.39 is 0 Å². The third kappa shape index (κ3) is 2.39. The average molecular weight is 221 g/mol. The minimum absolute atomic E-state index is 0.0436. The average Bonchev–Trinajstić information content (AvgIpc) is 2.54. The summed E-state index contributed by atoms with van der Waals surface area (Å²) in [6.07, 6.45) is 2.44. The second kappa shape index (κ2) is 4.78. The van der Waals surface area contributed by atoms with Gasteiger partial charge >= 0.3 is 0 Å². The van der Waals surface area contributed by atoms with E-state index in [4.69, 9.17) is 0 Å². The lowest BCUT2D eigenvalue weighted by Crippen LogP contribution is -2.33. The fourth-order valence-electron chi connectivity index (χ4n) is 1.66. The molecule has 86 valence electrons. The normalized spacial score (nSPS) is 16.6. The predicted octanol–water partition coefficient (Wildman–Crippen LogP) is -0.155. The summed E-state index contributed by atoms with van der Waals surface area (Å²) in [4.78, 5) is 21.6. The van der Waals surface area contributed by atoms with Gasteiger partial charge in [0.15, 0.2) is 0 Å². The van der Waals surface area contributed by atoms with Gasteiger partial charge in [0.1, 0.15) is 18.0 Å². The number of nitrogens with one attached hydrogen (secondary N) is 2. The van der Waals surface area contributed by atoms with Crippen molar-refractivity contribution in [1.82, 2.24) is 15.3 Å². The molecule has 2 heterocycles. The first kappa shape index (κ1) is 10.7. The third-order valence-corrected chi connectivity index (χ3v) is 2.49. The van der Waals surface area contributed by atoms with Crippen LogP contribution in [0.15, 0.2) is 12.4 Å². The number of amides is 1. The highest BCUT2D eigenvalue weighted by Crippen LogP contribution is 2.14. The lowest BCUT2D eigenvalue weighted by molar-refractivity contribution is -0.119. The first-order valence-electron chi connectivity index (χ1n) is 5.31. The summed E-state index contributed by atoms with van der Waals surface area (Å²) in [7, 11) is 1.81. The molecule has 1 saturated heterocycles. The molecule has 0 atom stereocenters. The molecule has 1 aromatic heterocycles. The van der Waals surface area contributed by atoms with Gasteiger partial charge in [0.2, 0.25) is 5.91 Å². The van der Waals surface area contributed by atoms with Crippen LogP contribution in [0.2, 0.25) is 0 Å². The molecule has 1 aromatic rings. The van der Waals surface area contributed by atoms with Crippen molar-refractivity contribution in [3.63, 3.8) is 0 Å². The van der Waals surface area contributed by atoms with Crippen LogP contribution < -0.4 is 15.5 Å². The van der Waals surface area contributed by atoms with E-state index in [0.29, 0.717) is 6.54 Å². The van der Waals surface area contributed by atoms with Crippen LogP contribution in [0.5, 0.6) is 0 Å². The fourth-order valence-corrected chi connectivity index (χ4v) is 1.66. The Hall–Kier alpha value is -1.85. The molecule has 1 aliphatic heterocycles. The van der Waals surface area contributed by atoms with Crippen molar-refractivity contribution in [3.8, 4) is 0 Å². The van der Waals surface area contributed by atoms with Crippen molar-refractivity contribution >= 4 is 17.5 Å². The van der Waals surface area contributed by atoms with Gasteiger partial charge in [0.05, 0.1) is 6.54 Å². The Kier molecular flexibility index (Phi) is 3.19. The van der Waals surface area contributed by atoms with Crippen LogP contribution in [-0.2, 0) is 4.79 Å². The molecule has 2 rings (SSSR count). The molecule has 0 saturated carbocycles. The molecule has 0 aromatic carbocycles. The summed E-state index contributed by atoms with van der Waals surface area (Å²) >= 11 is 0. The van der Waals surface area contributed by atoms with E-state index in [1.54, 1.807) is 7.05 Å². The number of carbonyl (C=O) groups is 1. The maximum Gasteiger partial charge on any atom is 0.239 e. The highest BCUT2D eigenvalue weighted by atomic mass is 16.2. The maximum atomic E-state index is 11.4. The number of rotatable bonds is 2. The summed E-state index contributed by atoms with van der Waals surface area (Å²) in [6, 6.07) is 1.85. The zero-order valence-corrected chi connectivity index (χ0v) is 9.23. The van der Waals surface area contributed by atoms with Gasteiger partial charge in [-0.3, -0.25) is 4.79 Å². The van der Waals surface area contributed by atoms with Gasteiger partial charge in [-0.25, -0.2) is 9.97 Å². The van der Waals surface area contributed by atoms with Crippen LogP contribution in [0.1, 0.15) is 6.42 Å². The van der Waals surface area contributed by atoms with Crippen molar-refractivity contribution in [1.29, 1.82) is 0 Å². The molecule has 0 spiro atoms. The van der Waals surface area contributed by atoms with Crippen LogP contribution in [0.25, 0.3) is 0 Å². The Balaban J connectivity index is 2.17. The monoisotopic (exact) mass is 221 g/mol. The van der Waals surface area contributed by atoms with E-state index in [2.05, 4.69) is 20.6 Å². The highest BCUT2D eigenvalue weighted by molar-refractivity contribution is 5.81. The number of nitrogens with zero attached hydrogens (tertiary/aromatic N) is 3. The zero-order valence-electron chi connectivity index (χ0n) is 9.23. The van der Waals surface area contributed by atoms with Crippen LogP contribution >= 0.6 is 0 Å².